The molecule has 0 amide bonds. The third-order valence-corrected chi connectivity index (χ3v) is 1.23. The number of hydrogen-bond acceptors (Lipinski definition) is 4. The van der Waals surface area contributed by atoms with Crippen molar-refractivity contribution < 1.29 is 13.8 Å². The van der Waals surface area contributed by atoms with Crippen LogP contribution in [0, 0.1) is 0 Å². The first kappa shape index (κ1) is 9.49. The molecule has 0 fully saturated rings. The molecule has 0 aromatic rings. The third kappa shape index (κ3) is 3.50. The molecule has 0 heterocycles. The van der Waals surface area contributed by atoms with Crippen LogP contribution in [0.1, 0.15) is 26.2 Å². The molecule has 58 valence electrons. The number of Topliss-reactive ketones (excluding diaryl/α,β-unsaturated/α-hetero) is 1. The Labute approximate surface area is 65.4 Å². The minimum absolute atomic E-state index is 0.260. The van der Waals surface area contributed by atoms with Gasteiger partial charge in [0.05, 0.1) is 0 Å². The molecule has 0 aromatic heterocycles. The molecule has 0 aromatic carbocycles. The lowest BCUT2D eigenvalue weighted by molar-refractivity contribution is -0.146. The van der Waals surface area contributed by atoms with Crippen molar-refractivity contribution >= 4 is 24.7 Å². The first-order valence-corrected chi connectivity index (χ1v) is 3.47. The van der Waals surface area contributed by atoms with E-state index in [4.69, 9.17) is 0 Å². The summed E-state index contributed by atoms with van der Waals surface area (Å²) < 4.78 is 3.92. The van der Waals surface area contributed by atoms with Crippen LogP contribution in [-0.2, 0) is 13.8 Å². The van der Waals surface area contributed by atoms with Gasteiger partial charge in [-0.25, -0.2) is 4.79 Å². The lowest BCUT2D eigenvalue weighted by Gasteiger charge is -1.93. The molecule has 0 rings (SSSR count). The topological polar surface area (TPSA) is 43.4 Å². The fourth-order valence-corrected chi connectivity index (χ4v) is 0.592. The number of unbranched alkanes of at least 4 members (excludes halogenated alkanes) is 1. The standard InChI is InChI=1S/C6H10O3S/c1-2-3-4-5(7)6(8)9-10/h10H,2-4H2,1H3. The summed E-state index contributed by atoms with van der Waals surface area (Å²) >= 11 is 3.21. The Morgan fingerprint density at radius 1 is 1.50 bits per heavy atom. The predicted molar refractivity (Wildman–Crippen MR) is 39.6 cm³/mol. The molecular formula is C6H10O3S. The van der Waals surface area contributed by atoms with Crippen LogP contribution in [0.3, 0.4) is 0 Å². The average Bonchev–Trinajstić information content (AvgIpc) is 1.98. The smallest absolute Gasteiger partial charge is 0.386 e. The van der Waals surface area contributed by atoms with Crippen LogP contribution in [0.4, 0.5) is 0 Å². The molecule has 0 aliphatic heterocycles. The second-order valence-corrected chi connectivity index (χ2v) is 2.09. The minimum atomic E-state index is -0.864. The van der Waals surface area contributed by atoms with E-state index in [2.05, 4.69) is 17.1 Å². The summed E-state index contributed by atoms with van der Waals surface area (Å²) in [6, 6.07) is 0. The minimum Gasteiger partial charge on any atom is -0.389 e. The summed E-state index contributed by atoms with van der Waals surface area (Å²) in [5.41, 5.74) is 0. The summed E-state index contributed by atoms with van der Waals surface area (Å²) in [5.74, 6) is -1.37. The highest BCUT2D eigenvalue weighted by atomic mass is 32.1. The molecule has 0 radical (unpaired) electrons. The summed E-state index contributed by atoms with van der Waals surface area (Å²) in [4.78, 5) is 21.0. The molecule has 0 saturated carbocycles. The second-order valence-electron chi connectivity index (χ2n) is 1.91. The van der Waals surface area contributed by atoms with Gasteiger partial charge in [-0.15, -0.1) is 0 Å². The van der Waals surface area contributed by atoms with E-state index >= 15 is 0 Å². The number of rotatable bonds is 4. The van der Waals surface area contributed by atoms with E-state index in [1.165, 1.54) is 0 Å². The van der Waals surface area contributed by atoms with Crippen molar-refractivity contribution in [2.75, 3.05) is 0 Å². The molecular weight excluding hydrogens is 152 g/mol. The lowest BCUT2D eigenvalue weighted by Crippen LogP contribution is -2.12. The molecule has 0 N–H and O–H groups in total. The molecule has 0 aliphatic rings. The maximum Gasteiger partial charge on any atom is 0.386 e. The van der Waals surface area contributed by atoms with E-state index in [1.807, 2.05) is 6.92 Å². The van der Waals surface area contributed by atoms with Gasteiger partial charge in [0.2, 0.25) is 5.78 Å². The zero-order chi connectivity index (χ0) is 7.98. The van der Waals surface area contributed by atoms with Gasteiger partial charge in [0, 0.05) is 19.3 Å². The third-order valence-electron chi connectivity index (χ3n) is 1.07. The Hall–Kier alpha value is -0.510. The van der Waals surface area contributed by atoms with Crippen LogP contribution in [0.25, 0.3) is 0 Å². The van der Waals surface area contributed by atoms with E-state index in [1.54, 1.807) is 0 Å². The normalized spacial score (nSPS) is 9.00. The van der Waals surface area contributed by atoms with Gasteiger partial charge in [0.15, 0.2) is 0 Å². The molecule has 0 bridgehead atoms. The Morgan fingerprint density at radius 2 is 2.10 bits per heavy atom. The SMILES string of the molecule is CCCCC(=O)C(=O)OS. The van der Waals surface area contributed by atoms with Gasteiger partial charge >= 0.3 is 5.97 Å². The van der Waals surface area contributed by atoms with Gasteiger partial charge in [-0.3, -0.25) is 4.79 Å². The fourth-order valence-electron chi connectivity index (χ4n) is 0.490. The van der Waals surface area contributed by atoms with E-state index in [0.29, 0.717) is 0 Å². The Kier molecular flexibility index (Phi) is 5.02. The van der Waals surface area contributed by atoms with Crippen LogP contribution in [-0.4, -0.2) is 11.8 Å². The highest BCUT2D eigenvalue weighted by Crippen LogP contribution is 1.97. The zero-order valence-corrected chi connectivity index (χ0v) is 6.69. The monoisotopic (exact) mass is 162 g/mol. The fraction of sp³-hybridized carbons (Fsp3) is 0.667. The first-order chi connectivity index (χ1) is 4.72. The zero-order valence-electron chi connectivity index (χ0n) is 5.79. The maximum absolute atomic E-state index is 10.6. The Balaban J connectivity index is 3.52. The van der Waals surface area contributed by atoms with Crippen molar-refractivity contribution in [3.63, 3.8) is 0 Å². The van der Waals surface area contributed by atoms with Crippen LogP contribution >= 0.6 is 12.9 Å². The summed E-state index contributed by atoms with van der Waals surface area (Å²) in [7, 11) is 0. The number of hydrogen-bond donors (Lipinski definition) is 1. The molecule has 3 nitrogen and oxygen atoms in total. The van der Waals surface area contributed by atoms with Gasteiger partial charge in [0.1, 0.15) is 0 Å². The van der Waals surface area contributed by atoms with Crippen molar-refractivity contribution in [1.82, 2.24) is 0 Å². The van der Waals surface area contributed by atoms with Crippen LogP contribution in [0.5, 0.6) is 0 Å². The van der Waals surface area contributed by atoms with Crippen molar-refractivity contribution in [2.24, 2.45) is 0 Å². The largest absolute Gasteiger partial charge is 0.389 e. The van der Waals surface area contributed by atoms with E-state index in [9.17, 15) is 9.59 Å². The van der Waals surface area contributed by atoms with Crippen molar-refractivity contribution in [3.05, 3.63) is 0 Å². The molecule has 0 atom stereocenters. The lowest BCUT2D eigenvalue weighted by atomic mass is 10.2. The Bertz CT molecular complexity index is 133. The molecule has 0 spiro atoms. The van der Waals surface area contributed by atoms with Crippen LogP contribution in [0.15, 0.2) is 0 Å². The predicted octanol–water partition coefficient (Wildman–Crippen LogP) is 1.13. The summed E-state index contributed by atoms with van der Waals surface area (Å²) in [6.45, 7) is 1.94. The highest BCUT2D eigenvalue weighted by Gasteiger charge is 2.12. The van der Waals surface area contributed by atoms with Crippen molar-refractivity contribution in [3.8, 4) is 0 Å². The van der Waals surface area contributed by atoms with E-state index in [-0.39, 0.29) is 6.42 Å². The van der Waals surface area contributed by atoms with Gasteiger partial charge in [-0.2, -0.15) is 0 Å². The maximum atomic E-state index is 10.6. The summed E-state index contributed by atoms with van der Waals surface area (Å²) in [6.07, 6.45) is 1.88. The molecule has 0 saturated heterocycles. The van der Waals surface area contributed by atoms with E-state index in [0.717, 1.165) is 12.8 Å². The quantitative estimate of drug-likeness (QED) is 0.383. The molecule has 10 heavy (non-hydrogen) atoms. The molecule has 4 heteroatoms. The second kappa shape index (κ2) is 5.29. The van der Waals surface area contributed by atoms with Gasteiger partial charge < -0.3 is 4.18 Å². The Morgan fingerprint density at radius 3 is 2.50 bits per heavy atom. The van der Waals surface area contributed by atoms with Crippen molar-refractivity contribution in [2.45, 2.75) is 26.2 Å². The number of thiol groups is 1. The van der Waals surface area contributed by atoms with Gasteiger partial charge in [0.25, 0.3) is 0 Å². The van der Waals surface area contributed by atoms with Crippen LogP contribution in [0.2, 0.25) is 0 Å². The number of carbonyl (C=O) groups is 2. The number of ketones is 1. The first-order valence-electron chi connectivity index (χ1n) is 3.11. The summed E-state index contributed by atoms with van der Waals surface area (Å²) in [5, 5.41) is 0. The van der Waals surface area contributed by atoms with Crippen molar-refractivity contribution in [1.29, 1.82) is 0 Å². The number of carbonyl (C=O) groups excluding carboxylic acids is 2. The van der Waals surface area contributed by atoms with Crippen LogP contribution < -0.4 is 0 Å². The van der Waals surface area contributed by atoms with Gasteiger partial charge in [-0.1, -0.05) is 13.3 Å². The molecule has 0 unspecified atom stereocenters. The van der Waals surface area contributed by atoms with E-state index < -0.39 is 11.8 Å². The average molecular weight is 162 g/mol. The highest BCUT2D eigenvalue weighted by molar-refractivity contribution is 7.75. The molecule has 0 aliphatic carbocycles. The van der Waals surface area contributed by atoms with Gasteiger partial charge in [-0.05, 0) is 6.42 Å².